The smallest absolute Gasteiger partial charge is 0.339 e. The molecule has 0 amide bonds. The van der Waals surface area contributed by atoms with Gasteiger partial charge in [-0.1, -0.05) is 47.5 Å². The van der Waals surface area contributed by atoms with Gasteiger partial charge in [-0.15, -0.1) is 0 Å². The lowest BCUT2D eigenvalue weighted by Crippen LogP contribution is -2.08. The van der Waals surface area contributed by atoms with Crippen LogP contribution in [0.5, 0.6) is 5.75 Å². The Morgan fingerprint density at radius 2 is 1.50 bits per heavy atom. The van der Waals surface area contributed by atoms with E-state index in [2.05, 4.69) is 6.07 Å². The Bertz CT molecular complexity index is 1040. The zero-order valence-electron chi connectivity index (χ0n) is 16.1. The number of halogens is 2. The van der Waals surface area contributed by atoms with Crippen LogP contribution in [0.1, 0.15) is 28.8 Å². The van der Waals surface area contributed by atoms with Gasteiger partial charge in [-0.3, -0.25) is 0 Å². The summed E-state index contributed by atoms with van der Waals surface area (Å²) >= 11 is 11.9. The van der Waals surface area contributed by atoms with Crippen molar-refractivity contribution in [2.45, 2.75) is 12.8 Å². The molecule has 0 unspecified atom stereocenters. The van der Waals surface area contributed by atoms with Crippen molar-refractivity contribution in [2.24, 2.45) is 0 Å². The molecule has 0 fully saturated rings. The minimum Gasteiger partial charge on any atom is -0.494 e. The SMILES string of the molecule is N#Cc1ccc(-c2ccc(OCCCCOC(=O)c3cc(Cl)ccc3Cl)cc2)cc1. The minimum absolute atomic E-state index is 0.266. The maximum Gasteiger partial charge on any atom is 0.339 e. The molecule has 0 heterocycles. The molecule has 0 aliphatic carbocycles. The first-order valence-corrected chi connectivity index (χ1v) is 10.2. The number of benzene rings is 3. The van der Waals surface area contributed by atoms with E-state index in [1.54, 1.807) is 24.3 Å². The molecular formula is C24H19Cl2NO3. The Morgan fingerprint density at radius 3 is 2.17 bits per heavy atom. The van der Waals surface area contributed by atoms with Gasteiger partial charge in [0.25, 0.3) is 0 Å². The van der Waals surface area contributed by atoms with Gasteiger partial charge in [0.05, 0.1) is 35.4 Å². The Labute approximate surface area is 185 Å². The second-order valence-corrected chi connectivity index (χ2v) is 7.37. The first kappa shape index (κ1) is 21.7. The van der Waals surface area contributed by atoms with Crippen LogP contribution in [0.4, 0.5) is 0 Å². The maximum atomic E-state index is 12.0. The predicted molar refractivity (Wildman–Crippen MR) is 118 cm³/mol. The third-order valence-corrected chi connectivity index (χ3v) is 4.96. The Balaban J connectivity index is 1.39. The summed E-state index contributed by atoms with van der Waals surface area (Å²) in [5.41, 5.74) is 3.00. The van der Waals surface area contributed by atoms with E-state index in [0.29, 0.717) is 28.6 Å². The van der Waals surface area contributed by atoms with Gasteiger partial charge in [0, 0.05) is 5.02 Å². The monoisotopic (exact) mass is 439 g/mol. The van der Waals surface area contributed by atoms with Crippen LogP contribution in [0.15, 0.2) is 66.7 Å². The summed E-state index contributed by atoms with van der Waals surface area (Å²) in [5.74, 6) is 0.289. The largest absolute Gasteiger partial charge is 0.494 e. The first-order chi connectivity index (χ1) is 14.6. The number of nitrogens with zero attached hydrogens (tertiary/aromatic N) is 1. The molecule has 3 aromatic carbocycles. The molecule has 0 saturated carbocycles. The molecule has 3 aromatic rings. The lowest BCUT2D eigenvalue weighted by molar-refractivity contribution is 0.0494. The molecule has 0 spiro atoms. The number of hydrogen-bond acceptors (Lipinski definition) is 4. The maximum absolute atomic E-state index is 12.0. The summed E-state index contributed by atoms with van der Waals surface area (Å²) in [6.45, 7) is 0.800. The number of unbranched alkanes of at least 4 members (excludes halogenated alkanes) is 1. The summed E-state index contributed by atoms with van der Waals surface area (Å²) in [6.07, 6.45) is 1.42. The predicted octanol–water partition coefficient (Wildman–Crippen LogP) is 6.55. The fourth-order valence-corrected chi connectivity index (χ4v) is 3.14. The number of hydrogen-bond donors (Lipinski definition) is 0. The summed E-state index contributed by atoms with van der Waals surface area (Å²) in [7, 11) is 0. The third kappa shape index (κ3) is 6.00. The lowest BCUT2D eigenvalue weighted by Gasteiger charge is -2.09. The van der Waals surface area contributed by atoms with E-state index in [0.717, 1.165) is 23.3 Å². The van der Waals surface area contributed by atoms with Gasteiger partial charge >= 0.3 is 5.97 Å². The fraction of sp³-hybridized carbons (Fsp3) is 0.167. The third-order valence-electron chi connectivity index (χ3n) is 4.39. The highest BCUT2D eigenvalue weighted by Crippen LogP contribution is 2.23. The lowest BCUT2D eigenvalue weighted by atomic mass is 10.0. The van der Waals surface area contributed by atoms with Crippen molar-refractivity contribution in [1.29, 1.82) is 5.26 Å². The quantitative estimate of drug-likeness (QED) is 0.295. The standard InChI is InChI=1S/C24H19Cl2NO3/c25-20-9-12-23(26)22(15-20)24(28)30-14-2-1-13-29-21-10-7-19(8-11-21)18-5-3-17(16-27)4-6-18/h3-12,15H,1-2,13-14H2. The molecule has 0 aliphatic rings. The highest BCUT2D eigenvalue weighted by Gasteiger charge is 2.12. The number of rotatable bonds is 8. The molecule has 0 bridgehead atoms. The van der Waals surface area contributed by atoms with Crippen LogP contribution in [0, 0.1) is 11.3 Å². The molecule has 0 N–H and O–H groups in total. The van der Waals surface area contributed by atoms with Crippen LogP contribution < -0.4 is 4.74 Å². The zero-order valence-corrected chi connectivity index (χ0v) is 17.6. The summed E-state index contributed by atoms with van der Waals surface area (Å²) in [4.78, 5) is 12.0. The van der Waals surface area contributed by atoms with Gasteiger partial charge in [-0.05, 0) is 66.4 Å². The van der Waals surface area contributed by atoms with Crippen molar-refractivity contribution in [3.63, 3.8) is 0 Å². The molecule has 30 heavy (non-hydrogen) atoms. The number of carbonyl (C=O) groups is 1. The highest BCUT2D eigenvalue weighted by atomic mass is 35.5. The number of carbonyl (C=O) groups excluding carboxylic acids is 1. The number of ether oxygens (including phenoxy) is 2. The van der Waals surface area contributed by atoms with E-state index in [4.69, 9.17) is 37.9 Å². The van der Waals surface area contributed by atoms with Gasteiger partial charge in [0.15, 0.2) is 0 Å². The topological polar surface area (TPSA) is 59.3 Å². The normalized spacial score (nSPS) is 10.3. The summed E-state index contributed by atoms with van der Waals surface area (Å²) in [6, 6.07) is 22.0. The average molecular weight is 440 g/mol. The van der Waals surface area contributed by atoms with Gasteiger partial charge < -0.3 is 9.47 Å². The second kappa shape index (κ2) is 10.7. The molecule has 0 radical (unpaired) electrons. The van der Waals surface area contributed by atoms with E-state index < -0.39 is 5.97 Å². The van der Waals surface area contributed by atoms with Crippen LogP contribution in [0.3, 0.4) is 0 Å². The van der Waals surface area contributed by atoms with Crippen molar-refractivity contribution in [3.8, 4) is 22.9 Å². The van der Waals surface area contributed by atoms with Gasteiger partial charge in [-0.2, -0.15) is 5.26 Å². The Kier molecular flexibility index (Phi) is 7.73. The van der Waals surface area contributed by atoms with Crippen LogP contribution in [-0.4, -0.2) is 19.2 Å². The summed E-state index contributed by atoms with van der Waals surface area (Å²) < 4.78 is 11.0. The van der Waals surface area contributed by atoms with Gasteiger partial charge in [0.1, 0.15) is 5.75 Å². The van der Waals surface area contributed by atoms with E-state index in [1.807, 2.05) is 36.4 Å². The molecule has 6 heteroatoms. The highest BCUT2D eigenvalue weighted by molar-refractivity contribution is 6.35. The molecule has 0 saturated heterocycles. The Morgan fingerprint density at radius 1 is 0.867 bits per heavy atom. The van der Waals surface area contributed by atoms with Crippen molar-refractivity contribution in [1.82, 2.24) is 0 Å². The van der Waals surface area contributed by atoms with Crippen molar-refractivity contribution in [2.75, 3.05) is 13.2 Å². The zero-order chi connectivity index (χ0) is 21.3. The molecule has 0 aliphatic heterocycles. The first-order valence-electron chi connectivity index (χ1n) is 9.42. The number of nitriles is 1. The van der Waals surface area contributed by atoms with E-state index in [-0.39, 0.29) is 12.2 Å². The Hall–Kier alpha value is -3.00. The molecule has 152 valence electrons. The van der Waals surface area contributed by atoms with Gasteiger partial charge in [-0.25, -0.2) is 4.79 Å². The minimum atomic E-state index is -0.484. The van der Waals surface area contributed by atoms with Crippen molar-refractivity contribution >= 4 is 29.2 Å². The molecule has 0 atom stereocenters. The van der Waals surface area contributed by atoms with Crippen LogP contribution in [-0.2, 0) is 4.74 Å². The van der Waals surface area contributed by atoms with Crippen molar-refractivity contribution in [3.05, 3.63) is 87.9 Å². The second-order valence-electron chi connectivity index (χ2n) is 6.53. The molecule has 4 nitrogen and oxygen atoms in total. The van der Waals surface area contributed by atoms with Crippen LogP contribution in [0.25, 0.3) is 11.1 Å². The van der Waals surface area contributed by atoms with Crippen LogP contribution in [0.2, 0.25) is 10.0 Å². The van der Waals surface area contributed by atoms with Crippen LogP contribution >= 0.6 is 23.2 Å². The van der Waals surface area contributed by atoms with Gasteiger partial charge in [0.2, 0.25) is 0 Å². The summed E-state index contributed by atoms with van der Waals surface area (Å²) in [5, 5.41) is 9.62. The molecule has 0 aromatic heterocycles. The van der Waals surface area contributed by atoms with E-state index in [9.17, 15) is 4.79 Å². The van der Waals surface area contributed by atoms with E-state index in [1.165, 1.54) is 6.07 Å². The average Bonchev–Trinajstić information content (AvgIpc) is 2.78. The number of esters is 1. The van der Waals surface area contributed by atoms with E-state index >= 15 is 0 Å². The van der Waals surface area contributed by atoms with Crippen molar-refractivity contribution < 1.29 is 14.3 Å². The fourth-order valence-electron chi connectivity index (χ4n) is 2.77. The molecular weight excluding hydrogens is 421 g/mol. The molecule has 3 rings (SSSR count).